The highest BCUT2D eigenvalue weighted by Gasteiger charge is 2.31. The second-order valence-electron chi connectivity index (χ2n) is 7.80. The molecule has 1 aliphatic heterocycles. The Morgan fingerprint density at radius 2 is 1.69 bits per heavy atom. The number of hydrogen-bond acceptors (Lipinski definition) is 6. The number of morpholine rings is 1. The van der Waals surface area contributed by atoms with Gasteiger partial charge >= 0.3 is 0 Å². The fourth-order valence-corrected chi connectivity index (χ4v) is 3.49. The molecule has 2 aromatic carbocycles. The van der Waals surface area contributed by atoms with Crippen LogP contribution in [0.3, 0.4) is 0 Å². The van der Waals surface area contributed by atoms with Crippen LogP contribution in [0.25, 0.3) is 0 Å². The molecule has 1 amide bonds. The summed E-state index contributed by atoms with van der Waals surface area (Å²) < 4.78 is 23.2. The van der Waals surface area contributed by atoms with Gasteiger partial charge in [-0.05, 0) is 52.0 Å². The highest BCUT2D eigenvalue weighted by molar-refractivity contribution is 6.30. The van der Waals surface area contributed by atoms with Gasteiger partial charge in [-0.1, -0.05) is 11.6 Å². The average molecular weight is 463 g/mol. The van der Waals surface area contributed by atoms with Crippen molar-refractivity contribution in [2.45, 2.75) is 33.3 Å². The van der Waals surface area contributed by atoms with Crippen LogP contribution in [0.15, 0.2) is 36.4 Å². The van der Waals surface area contributed by atoms with Crippen LogP contribution in [-0.4, -0.2) is 51.0 Å². The summed E-state index contributed by atoms with van der Waals surface area (Å²) in [4.78, 5) is 15.3. The van der Waals surface area contributed by atoms with Crippen molar-refractivity contribution in [1.82, 2.24) is 0 Å². The minimum absolute atomic E-state index is 0.310. The van der Waals surface area contributed by atoms with Crippen molar-refractivity contribution in [2.24, 2.45) is 0 Å². The van der Waals surface area contributed by atoms with Crippen LogP contribution < -0.4 is 24.4 Å². The van der Waals surface area contributed by atoms with Gasteiger partial charge in [0, 0.05) is 30.2 Å². The van der Waals surface area contributed by atoms with Crippen molar-refractivity contribution < 1.29 is 23.7 Å². The Bertz CT molecular complexity index is 911. The third kappa shape index (κ3) is 5.99. The zero-order valence-electron chi connectivity index (χ0n) is 19.1. The van der Waals surface area contributed by atoms with Gasteiger partial charge in [0.05, 0.1) is 37.8 Å². The lowest BCUT2D eigenvalue weighted by molar-refractivity contribution is -0.128. The van der Waals surface area contributed by atoms with E-state index in [1.165, 1.54) is 0 Å². The molecule has 0 aromatic heterocycles. The molecule has 1 heterocycles. The monoisotopic (exact) mass is 462 g/mol. The molecule has 8 heteroatoms. The van der Waals surface area contributed by atoms with E-state index in [0.717, 1.165) is 18.8 Å². The highest BCUT2D eigenvalue weighted by Crippen LogP contribution is 2.39. The smallest absolute Gasteiger partial charge is 0.268 e. The van der Waals surface area contributed by atoms with Gasteiger partial charge in [0.25, 0.3) is 5.91 Å². The van der Waals surface area contributed by atoms with E-state index in [2.05, 4.69) is 10.2 Å². The molecule has 1 aliphatic rings. The minimum atomic E-state index is -1.13. The first-order valence-corrected chi connectivity index (χ1v) is 11.2. The first-order valence-electron chi connectivity index (χ1n) is 10.9. The van der Waals surface area contributed by atoms with Crippen LogP contribution >= 0.6 is 11.6 Å². The lowest BCUT2D eigenvalue weighted by Crippen LogP contribution is -2.42. The topological polar surface area (TPSA) is 69.3 Å². The summed E-state index contributed by atoms with van der Waals surface area (Å²) in [6.07, 6.45) is 0. The number of benzene rings is 2. The lowest BCUT2D eigenvalue weighted by atomic mass is 10.1. The first-order chi connectivity index (χ1) is 15.3. The molecule has 1 N–H and O–H groups in total. The van der Waals surface area contributed by atoms with Crippen molar-refractivity contribution in [3.8, 4) is 17.2 Å². The number of hydrogen-bond donors (Lipinski definition) is 1. The molecule has 0 saturated carbocycles. The van der Waals surface area contributed by atoms with Crippen molar-refractivity contribution in [3.05, 3.63) is 41.4 Å². The molecule has 0 spiro atoms. The van der Waals surface area contributed by atoms with Crippen LogP contribution in [-0.2, 0) is 9.53 Å². The number of amides is 1. The summed E-state index contributed by atoms with van der Waals surface area (Å²) in [5.41, 5.74) is 0.324. The number of nitrogens with zero attached hydrogens (tertiary/aromatic N) is 1. The normalized spacial score (nSPS) is 14.1. The van der Waals surface area contributed by atoms with Gasteiger partial charge in [-0.2, -0.15) is 0 Å². The van der Waals surface area contributed by atoms with Gasteiger partial charge in [-0.15, -0.1) is 0 Å². The second-order valence-corrected chi connectivity index (χ2v) is 8.24. The summed E-state index contributed by atoms with van der Waals surface area (Å²) in [6.45, 7) is 11.1. The van der Waals surface area contributed by atoms with Gasteiger partial charge in [-0.25, -0.2) is 0 Å². The molecule has 174 valence electrons. The van der Waals surface area contributed by atoms with E-state index in [4.69, 9.17) is 30.5 Å². The summed E-state index contributed by atoms with van der Waals surface area (Å²) in [6, 6.07) is 10.6. The molecular weight excluding hydrogens is 432 g/mol. The molecule has 7 nitrogen and oxygen atoms in total. The Morgan fingerprint density at radius 1 is 1.06 bits per heavy atom. The maximum absolute atomic E-state index is 13.1. The molecule has 1 saturated heterocycles. The van der Waals surface area contributed by atoms with Crippen LogP contribution in [0.4, 0.5) is 11.4 Å². The van der Waals surface area contributed by atoms with Crippen LogP contribution in [0.1, 0.15) is 27.7 Å². The van der Waals surface area contributed by atoms with Crippen LogP contribution in [0.5, 0.6) is 17.2 Å². The van der Waals surface area contributed by atoms with E-state index in [-0.39, 0.29) is 5.91 Å². The minimum Gasteiger partial charge on any atom is -0.492 e. The highest BCUT2D eigenvalue weighted by atomic mass is 35.5. The van der Waals surface area contributed by atoms with E-state index in [1.807, 2.05) is 26.0 Å². The summed E-state index contributed by atoms with van der Waals surface area (Å²) in [7, 11) is 0. The number of nitrogens with one attached hydrogen (secondary N) is 1. The van der Waals surface area contributed by atoms with E-state index < -0.39 is 5.60 Å². The molecule has 0 aliphatic carbocycles. The van der Waals surface area contributed by atoms with Crippen LogP contribution in [0, 0.1) is 0 Å². The van der Waals surface area contributed by atoms with Crippen molar-refractivity contribution in [1.29, 1.82) is 0 Å². The van der Waals surface area contributed by atoms with Crippen molar-refractivity contribution >= 4 is 28.9 Å². The third-order valence-electron chi connectivity index (χ3n) is 4.99. The summed E-state index contributed by atoms with van der Waals surface area (Å²) >= 11 is 5.94. The number of ether oxygens (including phenoxy) is 4. The zero-order valence-corrected chi connectivity index (χ0v) is 19.8. The molecule has 0 bridgehead atoms. The summed E-state index contributed by atoms with van der Waals surface area (Å²) in [5.74, 6) is 1.50. The number of carbonyl (C=O) groups is 1. The standard InChI is InChI=1S/C24H31ClN2O5/c1-5-30-21-16-20(27-11-13-29-14-12-27)22(31-6-2)15-19(21)26-23(28)24(3,4)32-18-9-7-17(25)8-10-18/h7-10,15-16H,5-6,11-14H2,1-4H3,(H,26,28). The Morgan fingerprint density at radius 3 is 2.31 bits per heavy atom. The number of halogens is 1. The Labute approximate surface area is 194 Å². The largest absolute Gasteiger partial charge is 0.492 e. The predicted octanol–water partition coefficient (Wildman–Crippen LogP) is 4.77. The molecule has 3 rings (SSSR count). The third-order valence-corrected chi connectivity index (χ3v) is 5.25. The van der Waals surface area contributed by atoms with Gasteiger partial charge in [0.2, 0.25) is 0 Å². The number of carbonyl (C=O) groups excluding carboxylic acids is 1. The number of rotatable bonds is 9. The fraction of sp³-hybridized carbons (Fsp3) is 0.458. The van der Waals surface area contributed by atoms with Gasteiger partial charge in [-0.3, -0.25) is 4.79 Å². The van der Waals surface area contributed by atoms with Crippen LogP contribution in [0.2, 0.25) is 5.02 Å². The SMILES string of the molecule is CCOc1cc(N2CCOCC2)c(OCC)cc1NC(=O)C(C)(C)Oc1ccc(Cl)cc1. The van der Waals surface area contributed by atoms with Gasteiger partial charge < -0.3 is 29.2 Å². The second kappa shape index (κ2) is 10.8. The van der Waals surface area contributed by atoms with Gasteiger partial charge in [0.15, 0.2) is 5.60 Å². The van der Waals surface area contributed by atoms with E-state index >= 15 is 0 Å². The van der Waals surface area contributed by atoms with Gasteiger partial charge in [0.1, 0.15) is 17.2 Å². The fourth-order valence-electron chi connectivity index (χ4n) is 3.36. The Kier molecular flexibility index (Phi) is 8.10. The molecule has 0 radical (unpaired) electrons. The molecule has 32 heavy (non-hydrogen) atoms. The quantitative estimate of drug-likeness (QED) is 0.579. The summed E-state index contributed by atoms with van der Waals surface area (Å²) in [5, 5.41) is 3.56. The van der Waals surface area contributed by atoms with Crippen molar-refractivity contribution in [3.63, 3.8) is 0 Å². The Balaban J connectivity index is 1.86. The van der Waals surface area contributed by atoms with E-state index in [9.17, 15) is 4.79 Å². The maximum atomic E-state index is 13.1. The number of anilines is 2. The zero-order chi connectivity index (χ0) is 23.1. The predicted molar refractivity (Wildman–Crippen MR) is 127 cm³/mol. The molecule has 0 atom stereocenters. The first kappa shape index (κ1) is 24.0. The van der Waals surface area contributed by atoms with Crippen molar-refractivity contribution in [2.75, 3.05) is 49.7 Å². The van der Waals surface area contributed by atoms with E-state index in [1.54, 1.807) is 38.1 Å². The average Bonchev–Trinajstić information content (AvgIpc) is 2.77. The lowest BCUT2D eigenvalue weighted by Gasteiger charge is -2.31. The molecule has 1 fully saturated rings. The maximum Gasteiger partial charge on any atom is 0.268 e. The molecule has 0 unspecified atom stereocenters. The van der Waals surface area contributed by atoms with E-state index in [0.29, 0.717) is 54.4 Å². The Hall–Kier alpha value is -2.64. The molecule has 2 aromatic rings. The molecular formula is C24H31ClN2O5.